The van der Waals surface area contributed by atoms with Crippen LogP contribution in [0.5, 0.6) is 0 Å². The second kappa shape index (κ2) is 9.89. The molecule has 29 heavy (non-hydrogen) atoms. The summed E-state index contributed by atoms with van der Waals surface area (Å²) >= 11 is 0. The Bertz CT molecular complexity index is 869. The van der Waals surface area contributed by atoms with Crippen molar-refractivity contribution in [3.8, 4) is 0 Å². The van der Waals surface area contributed by atoms with Gasteiger partial charge in [-0.15, -0.1) is 0 Å². The summed E-state index contributed by atoms with van der Waals surface area (Å²) in [5, 5.41) is 5.63. The maximum Gasteiger partial charge on any atom is 0.253 e. The number of carbonyl (C=O) groups is 2. The number of rotatable bonds is 6. The summed E-state index contributed by atoms with van der Waals surface area (Å²) in [5.74, 6) is -0.495. The highest BCUT2D eigenvalue weighted by atomic mass is 16.5. The van der Waals surface area contributed by atoms with Gasteiger partial charge in [0.25, 0.3) is 5.91 Å². The average Bonchev–Trinajstić information content (AvgIpc) is 2.73. The largest absolute Gasteiger partial charge is 0.378 e. The van der Waals surface area contributed by atoms with E-state index in [-0.39, 0.29) is 17.9 Å². The molecule has 0 radical (unpaired) electrons. The third-order valence-electron chi connectivity index (χ3n) is 4.55. The molecule has 0 atom stereocenters. The van der Waals surface area contributed by atoms with E-state index in [2.05, 4.69) is 27.7 Å². The number of amides is 2. The third-order valence-corrected chi connectivity index (χ3v) is 4.55. The van der Waals surface area contributed by atoms with Crippen molar-refractivity contribution in [1.29, 1.82) is 0 Å². The maximum absolute atomic E-state index is 12.3. The fourth-order valence-corrected chi connectivity index (χ4v) is 3.09. The fraction of sp³-hybridized carbons (Fsp3) is 0.304. The number of nitrogens with one attached hydrogen (secondary N) is 2. The van der Waals surface area contributed by atoms with Crippen LogP contribution in [-0.2, 0) is 9.53 Å². The minimum atomic E-state index is -0.285. The molecule has 0 aromatic heterocycles. The molecule has 152 valence electrons. The standard InChI is InChI=1S/C23H27N3O3/c1-17(2)24-23(28)20-5-3-4-6-21(20)25-22(27)12-9-18-7-10-19(11-8-18)26-13-15-29-16-14-26/h3-12,17H,13-16H2,1-2H3,(H,24,28)(H,25,27). The van der Waals surface area contributed by atoms with Crippen LogP contribution < -0.4 is 15.5 Å². The number of benzene rings is 2. The number of hydrogen-bond acceptors (Lipinski definition) is 4. The Morgan fingerprint density at radius 1 is 1.03 bits per heavy atom. The molecular weight excluding hydrogens is 366 g/mol. The van der Waals surface area contributed by atoms with E-state index >= 15 is 0 Å². The summed E-state index contributed by atoms with van der Waals surface area (Å²) in [4.78, 5) is 26.9. The molecule has 6 heteroatoms. The lowest BCUT2D eigenvalue weighted by Crippen LogP contribution is -2.36. The molecule has 1 aliphatic heterocycles. The monoisotopic (exact) mass is 393 g/mol. The predicted molar refractivity (Wildman–Crippen MR) is 116 cm³/mol. The van der Waals surface area contributed by atoms with E-state index in [9.17, 15) is 9.59 Å². The van der Waals surface area contributed by atoms with Gasteiger partial charge in [-0.2, -0.15) is 0 Å². The number of anilines is 2. The Morgan fingerprint density at radius 3 is 2.41 bits per heavy atom. The topological polar surface area (TPSA) is 70.7 Å². The first kappa shape index (κ1) is 20.6. The third kappa shape index (κ3) is 5.93. The first-order chi connectivity index (χ1) is 14.0. The molecule has 2 amide bonds. The van der Waals surface area contributed by atoms with Gasteiger partial charge in [0.05, 0.1) is 24.5 Å². The summed E-state index contributed by atoms with van der Waals surface area (Å²) in [6.07, 6.45) is 3.23. The Balaban J connectivity index is 1.62. The molecule has 0 bridgehead atoms. The predicted octanol–water partition coefficient (Wildman–Crippen LogP) is 3.31. The number of carbonyl (C=O) groups excluding carboxylic acids is 2. The van der Waals surface area contributed by atoms with Crippen molar-refractivity contribution in [2.24, 2.45) is 0 Å². The van der Waals surface area contributed by atoms with Crippen LogP contribution >= 0.6 is 0 Å². The first-order valence-corrected chi connectivity index (χ1v) is 9.84. The molecule has 3 rings (SSSR count). The van der Waals surface area contributed by atoms with E-state index in [1.165, 1.54) is 6.08 Å². The second-order valence-corrected chi connectivity index (χ2v) is 7.19. The average molecular weight is 393 g/mol. The summed E-state index contributed by atoms with van der Waals surface area (Å²) in [5.41, 5.74) is 3.02. The summed E-state index contributed by atoms with van der Waals surface area (Å²) < 4.78 is 5.38. The van der Waals surface area contributed by atoms with Gasteiger partial charge in [-0.25, -0.2) is 0 Å². The van der Waals surface area contributed by atoms with Crippen molar-refractivity contribution in [1.82, 2.24) is 5.32 Å². The minimum absolute atomic E-state index is 0.0200. The summed E-state index contributed by atoms with van der Waals surface area (Å²) in [7, 11) is 0. The zero-order valence-corrected chi connectivity index (χ0v) is 16.9. The van der Waals surface area contributed by atoms with Crippen LogP contribution in [0.4, 0.5) is 11.4 Å². The van der Waals surface area contributed by atoms with Crippen molar-refractivity contribution in [3.05, 3.63) is 65.7 Å². The van der Waals surface area contributed by atoms with Crippen molar-refractivity contribution in [2.45, 2.75) is 19.9 Å². The Morgan fingerprint density at radius 2 is 1.72 bits per heavy atom. The van der Waals surface area contributed by atoms with Crippen molar-refractivity contribution in [2.75, 3.05) is 36.5 Å². The van der Waals surface area contributed by atoms with Crippen LogP contribution in [0.2, 0.25) is 0 Å². The summed E-state index contributed by atoms with van der Waals surface area (Å²) in [6, 6.07) is 15.1. The van der Waals surface area contributed by atoms with Crippen molar-refractivity contribution >= 4 is 29.3 Å². The van der Waals surface area contributed by atoms with Gasteiger partial charge in [-0.1, -0.05) is 24.3 Å². The first-order valence-electron chi connectivity index (χ1n) is 9.84. The normalized spacial score (nSPS) is 14.2. The molecular formula is C23H27N3O3. The molecule has 0 saturated carbocycles. The second-order valence-electron chi connectivity index (χ2n) is 7.19. The van der Waals surface area contributed by atoms with Gasteiger partial charge in [0.15, 0.2) is 0 Å². The quantitative estimate of drug-likeness (QED) is 0.739. The van der Waals surface area contributed by atoms with Crippen molar-refractivity contribution < 1.29 is 14.3 Å². The van der Waals surface area contributed by atoms with Gasteiger partial charge < -0.3 is 20.3 Å². The number of para-hydroxylation sites is 1. The molecule has 2 aromatic rings. The lowest BCUT2D eigenvalue weighted by atomic mass is 10.1. The van der Waals surface area contributed by atoms with Crippen LogP contribution in [0.3, 0.4) is 0 Å². The zero-order chi connectivity index (χ0) is 20.6. The Labute approximate surface area is 171 Å². The highest BCUT2D eigenvalue weighted by Gasteiger charge is 2.13. The van der Waals surface area contributed by atoms with Crippen LogP contribution in [0, 0.1) is 0 Å². The van der Waals surface area contributed by atoms with Gasteiger partial charge in [0.1, 0.15) is 0 Å². The van der Waals surface area contributed by atoms with Gasteiger partial charge in [0.2, 0.25) is 5.91 Å². The van der Waals surface area contributed by atoms with E-state index in [0.717, 1.165) is 37.6 Å². The van der Waals surface area contributed by atoms with Gasteiger partial charge in [0, 0.05) is 30.9 Å². The van der Waals surface area contributed by atoms with Crippen LogP contribution in [0.15, 0.2) is 54.6 Å². The number of nitrogens with zero attached hydrogens (tertiary/aromatic N) is 1. The minimum Gasteiger partial charge on any atom is -0.378 e. The molecule has 1 heterocycles. The molecule has 2 aromatic carbocycles. The zero-order valence-electron chi connectivity index (χ0n) is 16.9. The van der Waals surface area contributed by atoms with Gasteiger partial charge >= 0.3 is 0 Å². The van der Waals surface area contributed by atoms with E-state index in [4.69, 9.17) is 4.74 Å². The number of ether oxygens (including phenoxy) is 1. The van der Waals surface area contributed by atoms with Crippen LogP contribution in [0.1, 0.15) is 29.8 Å². The van der Waals surface area contributed by atoms with Gasteiger partial charge in [-0.05, 0) is 49.8 Å². The maximum atomic E-state index is 12.3. The Hall–Kier alpha value is -3.12. The van der Waals surface area contributed by atoms with E-state index in [1.54, 1.807) is 30.3 Å². The van der Waals surface area contributed by atoms with E-state index < -0.39 is 0 Å². The number of hydrogen-bond donors (Lipinski definition) is 2. The molecule has 1 fully saturated rings. The SMILES string of the molecule is CC(C)NC(=O)c1ccccc1NC(=O)C=Cc1ccc(N2CCOCC2)cc1. The Kier molecular flexibility index (Phi) is 7.03. The molecule has 0 aliphatic carbocycles. The van der Waals surface area contributed by atoms with E-state index in [0.29, 0.717) is 11.3 Å². The molecule has 1 saturated heterocycles. The molecule has 2 N–H and O–H groups in total. The molecule has 0 spiro atoms. The molecule has 1 aliphatic rings. The lowest BCUT2D eigenvalue weighted by molar-refractivity contribution is -0.111. The lowest BCUT2D eigenvalue weighted by Gasteiger charge is -2.28. The van der Waals surface area contributed by atoms with E-state index in [1.807, 2.05) is 26.0 Å². The van der Waals surface area contributed by atoms with Crippen LogP contribution in [0.25, 0.3) is 6.08 Å². The molecule has 0 unspecified atom stereocenters. The smallest absolute Gasteiger partial charge is 0.253 e. The van der Waals surface area contributed by atoms with Gasteiger partial charge in [-0.3, -0.25) is 9.59 Å². The molecule has 6 nitrogen and oxygen atoms in total. The van der Waals surface area contributed by atoms with Crippen LogP contribution in [-0.4, -0.2) is 44.2 Å². The highest BCUT2D eigenvalue weighted by Crippen LogP contribution is 2.18. The highest BCUT2D eigenvalue weighted by molar-refractivity contribution is 6.07. The fourth-order valence-electron chi connectivity index (χ4n) is 3.09. The summed E-state index contributed by atoms with van der Waals surface area (Å²) in [6.45, 7) is 7.07. The number of morpholine rings is 1. The van der Waals surface area contributed by atoms with Crippen molar-refractivity contribution in [3.63, 3.8) is 0 Å².